The molecule has 2 aromatic rings. The van der Waals surface area contributed by atoms with Gasteiger partial charge in [-0.1, -0.05) is 12.1 Å². The Hall–Kier alpha value is -3.35. The number of nitro groups is 1. The number of nitrogens with one attached hydrogen (secondary N) is 2. The molecular weight excluding hydrogens is 517 g/mol. The van der Waals surface area contributed by atoms with Crippen molar-refractivity contribution in [3.8, 4) is 0 Å². The van der Waals surface area contributed by atoms with Crippen LogP contribution in [0.4, 0.5) is 10.2 Å². The van der Waals surface area contributed by atoms with E-state index in [1.807, 2.05) is 0 Å². The molecule has 1 aliphatic heterocycles. The molecule has 13 heteroatoms. The summed E-state index contributed by atoms with van der Waals surface area (Å²) in [5.41, 5.74) is 0.463. The molecule has 1 aromatic heterocycles. The highest BCUT2D eigenvalue weighted by Crippen LogP contribution is 2.31. The summed E-state index contributed by atoms with van der Waals surface area (Å²) >= 11 is 3.11. The van der Waals surface area contributed by atoms with Crippen LogP contribution in [0.15, 0.2) is 29.1 Å². The molecule has 1 saturated heterocycles. The second-order valence-corrected chi connectivity index (χ2v) is 8.50. The van der Waals surface area contributed by atoms with Crippen LogP contribution in [-0.4, -0.2) is 51.5 Å². The fourth-order valence-electron chi connectivity index (χ4n) is 3.82. The van der Waals surface area contributed by atoms with Crippen molar-refractivity contribution >= 4 is 39.5 Å². The van der Waals surface area contributed by atoms with Crippen molar-refractivity contribution in [2.24, 2.45) is 0 Å². The zero-order valence-electron chi connectivity index (χ0n) is 18.4. The van der Waals surface area contributed by atoms with Crippen molar-refractivity contribution in [1.82, 2.24) is 20.2 Å². The van der Waals surface area contributed by atoms with Crippen LogP contribution in [0.25, 0.3) is 0 Å². The summed E-state index contributed by atoms with van der Waals surface area (Å²) < 4.78 is 21.8. The average molecular weight is 540 g/mol. The fraction of sp³-hybridized carbons (Fsp3) is 0.429. The van der Waals surface area contributed by atoms with Gasteiger partial charge in [0.25, 0.3) is 4.73 Å². The Morgan fingerprint density at radius 3 is 2.79 bits per heavy atom. The lowest BCUT2D eigenvalue weighted by atomic mass is 9.91. The van der Waals surface area contributed by atoms with Crippen molar-refractivity contribution in [2.75, 3.05) is 13.2 Å². The van der Waals surface area contributed by atoms with E-state index < -0.39 is 34.4 Å². The van der Waals surface area contributed by atoms with E-state index in [0.717, 1.165) is 6.20 Å². The van der Waals surface area contributed by atoms with Crippen molar-refractivity contribution in [1.29, 1.82) is 0 Å². The SMILES string of the molecule is CCOC(=O)C(Cn1cc([N+](=O)[O-])nc1Br)c1ccc(C2CC(CNC(C)=O)NC2=O)cc1F. The molecule has 0 radical (unpaired) electrons. The predicted octanol–water partition coefficient (Wildman–Crippen LogP) is 2.15. The largest absolute Gasteiger partial charge is 0.465 e. The number of hydrogen-bond donors (Lipinski definition) is 2. The molecule has 0 saturated carbocycles. The second kappa shape index (κ2) is 10.7. The summed E-state index contributed by atoms with van der Waals surface area (Å²) in [5.74, 6) is -4.04. The van der Waals surface area contributed by atoms with E-state index in [9.17, 15) is 24.5 Å². The maximum absolute atomic E-state index is 15.2. The number of esters is 1. The first-order valence-electron chi connectivity index (χ1n) is 10.5. The Labute approximate surface area is 202 Å². The normalized spacial score (nSPS) is 18.3. The average Bonchev–Trinajstić information content (AvgIpc) is 3.33. The van der Waals surface area contributed by atoms with Crippen LogP contribution in [-0.2, 0) is 25.7 Å². The van der Waals surface area contributed by atoms with E-state index >= 15 is 4.39 Å². The summed E-state index contributed by atoms with van der Waals surface area (Å²) in [5, 5.41) is 16.4. The zero-order valence-corrected chi connectivity index (χ0v) is 20.0. The van der Waals surface area contributed by atoms with Crippen molar-refractivity contribution in [2.45, 2.75) is 44.7 Å². The molecule has 182 valence electrons. The molecule has 34 heavy (non-hydrogen) atoms. The van der Waals surface area contributed by atoms with Gasteiger partial charge in [-0.25, -0.2) is 4.39 Å². The number of nitrogens with zero attached hydrogens (tertiary/aromatic N) is 3. The molecule has 2 heterocycles. The highest BCUT2D eigenvalue weighted by molar-refractivity contribution is 9.10. The zero-order chi connectivity index (χ0) is 25.0. The summed E-state index contributed by atoms with van der Waals surface area (Å²) in [4.78, 5) is 50.2. The van der Waals surface area contributed by atoms with Crippen molar-refractivity contribution in [3.63, 3.8) is 0 Å². The van der Waals surface area contributed by atoms with Crippen LogP contribution in [0.3, 0.4) is 0 Å². The molecule has 2 N–H and O–H groups in total. The summed E-state index contributed by atoms with van der Waals surface area (Å²) in [6.45, 7) is 3.18. The molecule has 1 aliphatic rings. The van der Waals surface area contributed by atoms with Crippen molar-refractivity contribution in [3.05, 3.63) is 56.2 Å². The highest BCUT2D eigenvalue weighted by Gasteiger charge is 2.34. The van der Waals surface area contributed by atoms with Gasteiger partial charge in [0.1, 0.15) is 17.9 Å². The van der Waals surface area contributed by atoms with Crippen LogP contribution >= 0.6 is 15.9 Å². The number of aromatic nitrogens is 2. The number of imidazole rings is 1. The molecule has 0 bridgehead atoms. The van der Waals surface area contributed by atoms with E-state index in [1.165, 1.54) is 23.6 Å². The molecule has 3 atom stereocenters. The molecule has 2 amide bonds. The third-order valence-electron chi connectivity index (χ3n) is 5.44. The van der Waals surface area contributed by atoms with Gasteiger partial charge in [0.2, 0.25) is 11.8 Å². The topological polar surface area (TPSA) is 145 Å². The van der Waals surface area contributed by atoms with Crippen LogP contribution in [0.1, 0.15) is 43.2 Å². The number of halogens is 2. The Morgan fingerprint density at radius 2 is 2.21 bits per heavy atom. The Balaban J connectivity index is 1.85. The van der Waals surface area contributed by atoms with Gasteiger partial charge in [0.05, 0.1) is 12.5 Å². The molecule has 0 aliphatic carbocycles. The Morgan fingerprint density at radius 1 is 1.47 bits per heavy atom. The van der Waals surface area contributed by atoms with E-state index in [4.69, 9.17) is 4.74 Å². The maximum Gasteiger partial charge on any atom is 0.382 e. The number of ether oxygens (including phenoxy) is 1. The lowest BCUT2D eigenvalue weighted by Crippen LogP contribution is -2.37. The van der Waals surface area contributed by atoms with E-state index in [2.05, 4.69) is 31.5 Å². The number of amides is 2. The molecule has 11 nitrogen and oxygen atoms in total. The quantitative estimate of drug-likeness (QED) is 0.282. The minimum Gasteiger partial charge on any atom is -0.465 e. The van der Waals surface area contributed by atoms with Gasteiger partial charge in [-0.15, -0.1) is 0 Å². The van der Waals surface area contributed by atoms with Gasteiger partial charge in [-0.2, -0.15) is 0 Å². The minimum atomic E-state index is -1.11. The lowest BCUT2D eigenvalue weighted by Gasteiger charge is -2.18. The van der Waals surface area contributed by atoms with E-state index in [0.29, 0.717) is 12.0 Å². The maximum atomic E-state index is 15.2. The second-order valence-electron chi connectivity index (χ2n) is 7.79. The fourth-order valence-corrected chi connectivity index (χ4v) is 4.25. The number of carbonyl (C=O) groups is 3. The van der Waals surface area contributed by atoms with E-state index in [-0.39, 0.29) is 47.8 Å². The molecule has 0 spiro atoms. The number of carbonyl (C=O) groups excluding carboxylic acids is 3. The first-order valence-corrected chi connectivity index (χ1v) is 11.3. The number of rotatable bonds is 9. The van der Waals surface area contributed by atoms with Crippen LogP contribution < -0.4 is 10.6 Å². The van der Waals surface area contributed by atoms with Crippen LogP contribution in [0.2, 0.25) is 0 Å². The molecule has 1 fully saturated rings. The molecule has 3 unspecified atom stereocenters. The van der Waals surface area contributed by atoms with Gasteiger partial charge in [0, 0.05) is 47.5 Å². The third-order valence-corrected chi connectivity index (χ3v) is 6.07. The number of benzene rings is 1. The summed E-state index contributed by atoms with van der Waals surface area (Å²) in [6.07, 6.45) is 1.52. The predicted molar refractivity (Wildman–Crippen MR) is 120 cm³/mol. The van der Waals surface area contributed by atoms with Crippen LogP contribution in [0, 0.1) is 15.9 Å². The summed E-state index contributed by atoms with van der Waals surface area (Å²) in [7, 11) is 0. The smallest absolute Gasteiger partial charge is 0.382 e. The van der Waals surface area contributed by atoms with E-state index in [1.54, 1.807) is 13.0 Å². The molecule has 3 rings (SSSR count). The van der Waals surface area contributed by atoms with Crippen molar-refractivity contribution < 1.29 is 28.4 Å². The molecule has 1 aromatic carbocycles. The Bertz CT molecular complexity index is 1120. The molecular formula is C21H23BrFN5O6. The van der Waals surface area contributed by atoms with Gasteiger partial charge >= 0.3 is 11.8 Å². The van der Waals surface area contributed by atoms with Crippen LogP contribution in [0.5, 0.6) is 0 Å². The standard InChI is InChI=1S/C21H23BrFN5O6/c1-3-34-20(31)16(9-27-10-18(28(32)33)26-21(27)22)14-5-4-12(6-17(14)23)15-7-13(25-19(15)30)8-24-11(2)29/h4-6,10,13,15-16H,3,7-9H2,1-2H3,(H,24,29)(H,25,30). The third kappa shape index (κ3) is 5.76. The Kier molecular flexibility index (Phi) is 7.97. The first-order chi connectivity index (χ1) is 16.1. The highest BCUT2D eigenvalue weighted by atomic mass is 79.9. The van der Waals surface area contributed by atoms with Gasteiger partial charge in [-0.3, -0.25) is 19.0 Å². The minimum absolute atomic E-state index is 0.0265. The van der Waals surface area contributed by atoms with Gasteiger partial charge < -0.3 is 25.5 Å². The van der Waals surface area contributed by atoms with Gasteiger partial charge in [-0.05, 0) is 34.9 Å². The summed E-state index contributed by atoms with van der Waals surface area (Å²) in [6, 6.07) is 3.92. The first kappa shape index (κ1) is 25.3. The number of hydrogen-bond acceptors (Lipinski definition) is 7. The lowest BCUT2D eigenvalue weighted by molar-refractivity contribution is -0.389. The monoisotopic (exact) mass is 539 g/mol. The van der Waals surface area contributed by atoms with Gasteiger partial charge in [0.15, 0.2) is 0 Å².